The van der Waals surface area contributed by atoms with Gasteiger partial charge in [-0.2, -0.15) is 0 Å². The summed E-state index contributed by atoms with van der Waals surface area (Å²) in [6, 6.07) is 2.03. The lowest BCUT2D eigenvalue weighted by Gasteiger charge is -2.24. The van der Waals surface area contributed by atoms with Crippen LogP contribution in [0.25, 0.3) is 0 Å². The highest BCUT2D eigenvalue weighted by Crippen LogP contribution is 2.37. The molecule has 0 amide bonds. The van der Waals surface area contributed by atoms with E-state index < -0.39 is 22.8 Å². The molecule has 0 saturated heterocycles. The Hall–Kier alpha value is -1.20. The highest BCUT2D eigenvalue weighted by atomic mass is 35.5. The second kappa shape index (κ2) is 5.63. The minimum atomic E-state index is -0.815. The van der Waals surface area contributed by atoms with Gasteiger partial charge in [0, 0.05) is 17.5 Å². The van der Waals surface area contributed by atoms with Crippen molar-refractivity contribution in [3.05, 3.63) is 38.7 Å². The van der Waals surface area contributed by atoms with Gasteiger partial charge in [0.15, 0.2) is 0 Å². The van der Waals surface area contributed by atoms with Crippen molar-refractivity contribution in [2.75, 3.05) is 0 Å². The van der Waals surface area contributed by atoms with E-state index in [9.17, 15) is 19.6 Å². The number of hydrogen-bond donors (Lipinski definition) is 1. The maximum absolute atomic E-state index is 13.5. The number of nitro groups is 1. The molecule has 1 rings (SSSR count). The van der Waals surface area contributed by atoms with Gasteiger partial charge < -0.3 is 5.11 Å². The van der Waals surface area contributed by atoms with Crippen LogP contribution in [0.15, 0.2) is 12.1 Å². The van der Waals surface area contributed by atoms with E-state index in [0.29, 0.717) is 0 Å². The summed E-state index contributed by atoms with van der Waals surface area (Å²) >= 11 is 5.55. The normalized spacial score (nSPS) is 14.6. The van der Waals surface area contributed by atoms with Crippen LogP contribution in [0.5, 0.6) is 0 Å². The standard InChI is InChI=1S/C12H15ClFNO3/c1-6(2)12(7(3)16)8-4-10(14)9(13)5-11(8)15(17)18/h4-7,12,16H,1-3H3. The lowest BCUT2D eigenvalue weighted by molar-refractivity contribution is -0.386. The smallest absolute Gasteiger partial charge is 0.274 e. The minimum absolute atomic E-state index is 0.0655. The van der Waals surface area contributed by atoms with Crippen molar-refractivity contribution < 1.29 is 14.4 Å². The minimum Gasteiger partial charge on any atom is -0.393 e. The Morgan fingerprint density at radius 2 is 1.94 bits per heavy atom. The molecule has 2 atom stereocenters. The summed E-state index contributed by atoms with van der Waals surface area (Å²) in [5.74, 6) is -1.30. The third-order valence-corrected chi connectivity index (χ3v) is 3.15. The molecule has 1 N–H and O–H groups in total. The summed E-state index contributed by atoms with van der Waals surface area (Å²) in [7, 11) is 0. The number of rotatable bonds is 4. The zero-order valence-corrected chi connectivity index (χ0v) is 11.1. The van der Waals surface area contributed by atoms with Crippen molar-refractivity contribution in [1.29, 1.82) is 0 Å². The highest BCUT2D eigenvalue weighted by molar-refractivity contribution is 6.31. The van der Waals surface area contributed by atoms with Crippen LogP contribution in [-0.4, -0.2) is 16.1 Å². The predicted octanol–water partition coefficient (Wildman–Crippen LogP) is 3.51. The number of halogens is 2. The van der Waals surface area contributed by atoms with E-state index in [4.69, 9.17) is 11.6 Å². The number of nitro benzene ring substituents is 1. The van der Waals surface area contributed by atoms with E-state index in [1.54, 1.807) is 0 Å². The van der Waals surface area contributed by atoms with Crippen molar-refractivity contribution in [3.63, 3.8) is 0 Å². The molecule has 100 valence electrons. The molecule has 0 aliphatic carbocycles. The Balaban J connectivity index is 3.45. The van der Waals surface area contributed by atoms with Gasteiger partial charge in [-0.05, 0) is 18.9 Å². The molecule has 0 radical (unpaired) electrons. The summed E-state index contributed by atoms with van der Waals surface area (Å²) in [5.41, 5.74) is -0.0899. The second-order valence-corrected chi connectivity index (χ2v) is 5.00. The first-order valence-electron chi connectivity index (χ1n) is 5.57. The Morgan fingerprint density at radius 3 is 2.33 bits per heavy atom. The fourth-order valence-corrected chi connectivity index (χ4v) is 2.31. The number of nitrogens with zero attached hydrogens (tertiary/aromatic N) is 1. The number of benzene rings is 1. The zero-order chi connectivity index (χ0) is 14.0. The molecular weight excluding hydrogens is 261 g/mol. The molecular formula is C12H15ClFNO3. The Bertz CT molecular complexity index is 455. The summed E-state index contributed by atoms with van der Waals surface area (Å²) in [6.45, 7) is 5.15. The van der Waals surface area contributed by atoms with Crippen molar-refractivity contribution in [2.24, 2.45) is 5.92 Å². The van der Waals surface area contributed by atoms with E-state index in [0.717, 1.165) is 12.1 Å². The number of aliphatic hydroxyl groups is 1. The summed E-state index contributed by atoms with van der Waals surface area (Å²) in [5, 5.41) is 20.4. The van der Waals surface area contributed by atoms with Crippen molar-refractivity contribution in [3.8, 4) is 0 Å². The predicted molar refractivity (Wildman–Crippen MR) is 67.3 cm³/mol. The van der Waals surface area contributed by atoms with Gasteiger partial charge in [-0.25, -0.2) is 4.39 Å². The Labute approximate surface area is 110 Å². The largest absolute Gasteiger partial charge is 0.393 e. The first-order chi connectivity index (χ1) is 8.25. The zero-order valence-electron chi connectivity index (χ0n) is 10.4. The third-order valence-electron chi connectivity index (χ3n) is 2.86. The monoisotopic (exact) mass is 275 g/mol. The number of hydrogen-bond acceptors (Lipinski definition) is 3. The van der Waals surface area contributed by atoms with Crippen LogP contribution in [0.3, 0.4) is 0 Å². The number of aliphatic hydroxyl groups excluding tert-OH is 1. The van der Waals surface area contributed by atoms with Gasteiger partial charge in [0.1, 0.15) is 5.82 Å². The molecule has 18 heavy (non-hydrogen) atoms. The van der Waals surface area contributed by atoms with Crippen LogP contribution < -0.4 is 0 Å². The summed E-state index contributed by atoms with van der Waals surface area (Å²) < 4.78 is 13.5. The molecule has 1 aromatic carbocycles. The van der Waals surface area contributed by atoms with E-state index in [1.165, 1.54) is 6.92 Å². The third kappa shape index (κ3) is 2.97. The first-order valence-corrected chi connectivity index (χ1v) is 5.94. The highest BCUT2D eigenvalue weighted by Gasteiger charge is 2.29. The van der Waals surface area contributed by atoms with Crippen LogP contribution in [0.2, 0.25) is 5.02 Å². The van der Waals surface area contributed by atoms with Crippen LogP contribution in [0.1, 0.15) is 32.3 Å². The molecule has 6 heteroatoms. The van der Waals surface area contributed by atoms with E-state index in [-0.39, 0.29) is 22.2 Å². The van der Waals surface area contributed by atoms with Crippen LogP contribution >= 0.6 is 11.6 Å². The van der Waals surface area contributed by atoms with Gasteiger partial charge >= 0.3 is 0 Å². The van der Waals surface area contributed by atoms with Crippen molar-refractivity contribution in [2.45, 2.75) is 32.8 Å². The Kier molecular flexibility index (Phi) is 4.65. The molecule has 0 aliphatic heterocycles. The Morgan fingerprint density at radius 1 is 1.39 bits per heavy atom. The van der Waals surface area contributed by atoms with Crippen LogP contribution in [-0.2, 0) is 0 Å². The fourth-order valence-electron chi connectivity index (χ4n) is 2.15. The van der Waals surface area contributed by atoms with Crippen molar-refractivity contribution >= 4 is 17.3 Å². The van der Waals surface area contributed by atoms with Gasteiger partial charge in [-0.15, -0.1) is 0 Å². The van der Waals surface area contributed by atoms with Gasteiger partial charge in [-0.1, -0.05) is 25.4 Å². The molecule has 0 bridgehead atoms. The van der Waals surface area contributed by atoms with E-state index in [2.05, 4.69) is 0 Å². The average Bonchev–Trinajstić information content (AvgIpc) is 2.21. The van der Waals surface area contributed by atoms with Gasteiger partial charge in [-0.3, -0.25) is 10.1 Å². The molecule has 0 saturated carbocycles. The van der Waals surface area contributed by atoms with E-state index in [1.807, 2.05) is 13.8 Å². The van der Waals surface area contributed by atoms with Gasteiger partial charge in [0.2, 0.25) is 0 Å². The second-order valence-electron chi connectivity index (χ2n) is 4.59. The maximum atomic E-state index is 13.5. The molecule has 0 heterocycles. The average molecular weight is 276 g/mol. The fraction of sp³-hybridized carbons (Fsp3) is 0.500. The SMILES string of the molecule is CC(C)C(c1cc(F)c(Cl)cc1[N+](=O)[O-])C(C)O. The topological polar surface area (TPSA) is 63.4 Å². The molecule has 1 aromatic rings. The molecule has 0 aromatic heterocycles. The summed E-state index contributed by atoms with van der Waals surface area (Å²) in [4.78, 5) is 10.4. The molecule has 0 fully saturated rings. The molecule has 4 nitrogen and oxygen atoms in total. The first kappa shape index (κ1) is 14.9. The molecule has 2 unspecified atom stereocenters. The summed E-state index contributed by atoms with van der Waals surface area (Å²) in [6.07, 6.45) is -0.815. The molecule has 0 spiro atoms. The van der Waals surface area contributed by atoms with Gasteiger partial charge in [0.25, 0.3) is 5.69 Å². The lowest BCUT2D eigenvalue weighted by atomic mass is 9.83. The quantitative estimate of drug-likeness (QED) is 0.675. The van der Waals surface area contributed by atoms with Crippen molar-refractivity contribution in [1.82, 2.24) is 0 Å². The van der Waals surface area contributed by atoms with Gasteiger partial charge in [0.05, 0.1) is 16.0 Å². The molecule has 0 aliphatic rings. The van der Waals surface area contributed by atoms with Crippen LogP contribution in [0.4, 0.5) is 10.1 Å². The van der Waals surface area contributed by atoms with E-state index >= 15 is 0 Å². The van der Waals surface area contributed by atoms with Crippen LogP contribution in [0, 0.1) is 21.8 Å². The maximum Gasteiger partial charge on any atom is 0.274 e. The lowest BCUT2D eigenvalue weighted by Crippen LogP contribution is -2.21.